The third-order valence-electron chi connectivity index (χ3n) is 18.0. The number of nitrogens with zero attached hydrogens (tertiary/aromatic N) is 1. The van der Waals surface area contributed by atoms with Gasteiger partial charge in [-0.1, -0.05) is 214 Å². The highest BCUT2D eigenvalue weighted by Gasteiger charge is 2.40. The molecule has 0 aliphatic carbocycles. The number of carbonyl (C=O) groups excluding carboxylic acids is 3. The minimum absolute atomic E-state index is 0.199. The minimum atomic E-state index is -1.32. The summed E-state index contributed by atoms with van der Waals surface area (Å²) in [5.41, 5.74) is 5.67. The van der Waals surface area contributed by atoms with Crippen LogP contribution in [0.4, 0.5) is 0 Å². The molecule has 9 aromatic rings. The Morgan fingerprint density at radius 1 is 0.363 bits per heavy atom. The van der Waals surface area contributed by atoms with Gasteiger partial charge in [-0.3, -0.25) is 0 Å². The van der Waals surface area contributed by atoms with Gasteiger partial charge < -0.3 is 28.4 Å². The summed E-state index contributed by atoms with van der Waals surface area (Å²) in [7, 11) is 0. The van der Waals surface area contributed by atoms with E-state index in [1.54, 1.807) is 57.2 Å². The quantitative estimate of drug-likeness (QED) is 0.0310. The van der Waals surface area contributed by atoms with Crippen LogP contribution >= 0.6 is 0 Å². The molecule has 0 saturated heterocycles. The summed E-state index contributed by atoms with van der Waals surface area (Å²) in [6.07, 6.45) is 1.32. The number of nitriles is 1. The summed E-state index contributed by atoms with van der Waals surface area (Å²) in [6.45, 7) is 24.3. The highest BCUT2D eigenvalue weighted by molar-refractivity contribution is 5.82. The van der Waals surface area contributed by atoms with E-state index >= 15 is 0 Å². The number of hydrogen-bond donors (Lipinski definition) is 0. The Morgan fingerprint density at radius 2 is 0.637 bits per heavy atom. The first-order valence-electron chi connectivity index (χ1n) is 31.4. The number of esters is 3. The molecule has 0 heterocycles. The van der Waals surface area contributed by atoms with Crippen molar-refractivity contribution >= 4 is 17.9 Å². The number of hydrogen-bond acceptors (Lipinski definition) is 10. The van der Waals surface area contributed by atoms with Gasteiger partial charge in [0.15, 0.2) is 6.10 Å². The van der Waals surface area contributed by atoms with Crippen molar-refractivity contribution in [2.75, 3.05) is 0 Å². The number of carbonyl (C=O) groups is 3. The van der Waals surface area contributed by atoms with Crippen LogP contribution in [-0.2, 0) is 36.0 Å². The molecule has 4 atom stereocenters. The van der Waals surface area contributed by atoms with E-state index in [-0.39, 0.29) is 10.8 Å². The van der Waals surface area contributed by atoms with E-state index in [0.717, 1.165) is 38.9 Å². The summed E-state index contributed by atoms with van der Waals surface area (Å²) in [4.78, 5) is 41.5. The molecule has 0 aromatic heterocycles. The minimum Gasteiger partial charge on any atom is -0.479 e. The van der Waals surface area contributed by atoms with Crippen LogP contribution in [0.15, 0.2) is 231 Å². The molecule has 4 unspecified atom stereocenters. The monoisotopic (exact) mass is 1210 g/mol. The zero-order valence-electron chi connectivity index (χ0n) is 54.5. The maximum Gasteiger partial charge on any atom is 0.355 e. The maximum absolute atomic E-state index is 14.3. The SMILES string of the molecule is CCCC(C)(Oc1ccc(C(C)(C)c2ccc(OC(=O)C(C)Oc3ccc(C(C)(C)c4ccccc4)cc3)cc2)cc1)C(=O)Oc1ccc(C(C)(c2ccc(C#N)cc2)c2ccc(OC(C)(CCC)C(=O)Oc3ccc(C(C)(C)c4ccccc4)cc3)cc2)cc1. The molecule has 0 aliphatic heterocycles. The maximum atomic E-state index is 14.3. The predicted molar refractivity (Wildman–Crippen MR) is 360 cm³/mol. The Kier molecular flexibility index (Phi) is 19.9. The Labute approximate surface area is 537 Å². The van der Waals surface area contributed by atoms with Crippen LogP contribution in [0.2, 0.25) is 0 Å². The van der Waals surface area contributed by atoms with Crippen molar-refractivity contribution < 1.29 is 42.8 Å². The van der Waals surface area contributed by atoms with Crippen molar-refractivity contribution in [3.05, 3.63) is 286 Å². The smallest absolute Gasteiger partial charge is 0.355 e. The van der Waals surface area contributed by atoms with Crippen LogP contribution in [0.25, 0.3) is 0 Å². The standard InChI is InChI=1S/C81H83NO9/c1-13-53-79(10,90-71-49-35-63(36-50-71)78(8,9)62-31-43-68(44-32-62)87-73(83)56(3)86-67-41-29-60(30-42-67)76(4,5)58-21-17-15-18-22-58)75(85)89-70-47-37-65(38-48-70)81(12,64-27-25-57(55-82)26-28-64)66-39-51-72(52-40-66)91-80(11,54-14-2)74(84)88-69-45-33-61(34-46-69)77(6,7)59-23-19-16-20-24-59/h15-52,56H,13-14,53-54H2,1-12H3. The Hall–Kier alpha value is -9.72. The van der Waals surface area contributed by atoms with E-state index < -0.39 is 46.0 Å². The van der Waals surface area contributed by atoms with Gasteiger partial charge in [0.1, 0.15) is 34.5 Å². The molecule has 0 radical (unpaired) electrons. The Bertz CT molecular complexity index is 3950. The van der Waals surface area contributed by atoms with E-state index in [2.05, 4.69) is 78.8 Å². The Balaban J connectivity index is 0.833. The molecule has 0 bridgehead atoms. The second-order valence-electron chi connectivity index (χ2n) is 25.7. The van der Waals surface area contributed by atoms with Gasteiger partial charge in [0, 0.05) is 21.7 Å². The van der Waals surface area contributed by atoms with Crippen LogP contribution in [0.1, 0.15) is 164 Å². The van der Waals surface area contributed by atoms with Crippen molar-refractivity contribution in [3.8, 4) is 40.6 Å². The van der Waals surface area contributed by atoms with Gasteiger partial charge in [0.25, 0.3) is 0 Å². The average Bonchev–Trinajstić information content (AvgIpc) is 0.806. The zero-order valence-corrected chi connectivity index (χ0v) is 54.5. The van der Waals surface area contributed by atoms with E-state index in [9.17, 15) is 19.6 Å². The molecule has 0 saturated carbocycles. The number of rotatable bonds is 25. The van der Waals surface area contributed by atoms with Crippen molar-refractivity contribution in [1.82, 2.24) is 0 Å². The molecule has 10 nitrogen and oxygen atoms in total. The van der Waals surface area contributed by atoms with Crippen molar-refractivity contribution in [3.63, 3.8) is 0 Å². The van der Waals surface area contributed by atoms with Gasteiger partial charge in [0.05, 0.1) is 11.6 Å². The van der Waals surface area contributed by atoms with Gasteiger partial charge in [-0.05, 0) is 176 Å². The fourth-order valence-electron chi connectivity index (χ4n) is 11.8. The molecule has 0 spiro atoms. The lowest BCUT2D eigenvalue weighted by Crippen LogP contribution is -2.44. The van der Waals surface area contributed by atoms with E-state index in [1.807, 2.05) is 184 Å². The molecule has 9 aromatic carbocycles. The van der Waals surface area contributed by atoms with Gasteiger partial charge in [-0.15, -0.1) is 0 Å². The van der Waals surface area contributed by atoms with Crippen LogP contribution < -0.4 is 28.4 Å². The third-order valence-corrected chi connectivity index (χ3v) is 18.0. The molecule has 0 aliphatic rings. The molecular formula is C81H83NO9. The molecule has 9 rings (SSSR count). The molecule has 10 heteroatoms. The van der Waals surface area contributed by atoms with Crippen molar-refractivity contribution in [2.24, 2.45) is 0 Å². The summed E-state index contributed by atoms with van der Waals surface area (Å²) in [6, 6.07) is 76.3. The topological polar surface area (TPSA) is 130 Å². The molecule has 0 N–H and O–H groups in total. The van der Waals surface area contributed by atoms with Crippen LogP contribution in [-0.4, -0.2) is 35.2 Å². The van der Waals surface area contributed by atoms with Gasteiger partial charge in [-0.25, -0.2) is 14.4 Å². The highest BCUT2D eigenvalue weighted by atomic mass is 16.6. The first-order chi connectivity index (χ1) is 43.4. The average molecular weight is 1210 g/mol. The molecule has 0 fully saturated rings. The molecule has 91 heavy (non-hydrogen) atoms. The van der Waals surface area contributed by atoms with Crippen molar-refractivity contribution in [2.45, 2.75) is 148 Å². The van der Waals surface area contributed by atoms with Crippen molar-refractivity contribution in [1.29, 1.82) is 5.26 Å². The van der Waals surface area contributed by atoms with E-state index in [1.165, 1.54) is 11.1 Å². The lowest BCUT2D eigenvalue weighted by atomic mass is 9.71. The number of ether oxygens (including phenoxy) is 6. The second kappa shape index (κ2) is 27.6. The van der Waals surface area contributed by atoms with Crippen LogP contribution in [0, 0.1) is 11.3 Å². The van der Waals surface area contributed by atoms with E-state index in [4.69, 9.17) is 28.4 Å². The van der Waals surface area contributed by atoms with Gasteiger partial charge in [0.2, 0.25) is 11.2 Å². The first-order valence-corrected chi connectivity index (χ1v) is 31.4. The number of benzene rings is 9. The summed E-state index contributed by atoms with van der Waals surface area (Å²) in [5, 5.41) is 9.72. The zero-order chi connectivity index (χ0) is 65.2. The normalized spacial score (nSPS) is 14.0. The second-order valence-corrected chi connectivity index (χ2v) is 25.7. The fourth-order valence-corrected chi connectivity index (χ4v) is 11.8. The molecule has 0 amide bonds. The summed E-state index contributed by atoms with van der Waals surface area (Å²) in [5.74, 6) is 1.27. The van der Waals surface area contributed by atoms with Gasteiger partial charge >= 0.3 is 17.9 Å². The predicted octanol–water partition coefficient (Wildman–Crippen LogP) is 18.3. The largest absolute Gasteiger partial charge is 0.479 e. The molecular weight excluding hydrogens is 1130 g/mol. The summed E-state index contributed by atoms with van der Waals surface area (Å²) < 4.78 is 37.0. The highest BCUT2D eigenvalue weighted by Crippen LogP contribution is 2.42. The lowest BCUT2D eigenvalue weighted by molar-refractivity contribution is -0.152. The first kappa shape index (κ1) is 65.7. The lowest BCUT2D eigenvalue weighted by Gasteiger charge is -2.33. The molecule has 466 valence electrons. The summed E-state index contributed by atoms with van der Waals surface area (Å²) >= 11 is 0. The van der Waals surface area contributed by atoms with Crippen LogP contribution in [0.3, 0.4) is 0 Å². The van der Waals surface area contributed by atoms with Crippen LogP contribution in [0.5, 0.6) is 34.5 Å². The Morgan fingerprint density at radius 3 is 0.956 bits per heavy atom. The fraction of sp³-hybridized carbons (Fsp3) is 0.284. The van der Waals surface area contributed by atoms with Gasteiger partial charge in [-0.2, -0.15) is 5.26 Å². The van der Waals surface area contributed by atoms with E-state index in [0.29, 0.717) is 65.7 Å². The third kappa shape index (κ3) is 14.8.